The van der Waals surface area contributed by atoms with Crippen molar-refractivity contribution in [1.29, 1.82) is 0 Å². The fourth-order valence-corrected chi connectivity index (χ4v) is 4.39. The van der Waals surface area contributed by atoms with Gasteiger partial charge in [-0.15, -0.1) is 0 Å². The van der Waals surface area contributed by atoms with Crippen LogP contribution in [-0.4, -0.2) is 48.9 Å². The molecule has 2 aromatic rings. The van der Waals surface area contributed by atoms with Gasteiger partial charge in [0.2, 0.25) is 0 Å². The predicted molar refractivity (Wildman–Crippen MR) is 136 cm³/mol. The molecule has 1 atom stereocenters. The van der Waals surface area contributed by atoms with Crippen LogP contribution in [0.5, 0.6) is 5.75 Å². The maximum Gasteiger partial charge on any atom is 0.414 e. The highest BCUT2D eigenvalue weighted by Gasteiger charge is 2.30. The molecule has 1 aliphatic carbocycles. The van der Waals surface area contributed by atoms with Gasteiger partial charge in [-0.25, -0.2) is 9.59 Å². The van der Waals surface area contributed by atoms with Gasteiger partial charge in [0.15, 0.2) is 5.75 Å². The predicted octanol–water partition coefficient (Wildman–Crippen LogP) is 6.03. The Morgan fingerprint density at radius 3 is 2.57 bits per heavy atom. The van der Waals surface area contributed by atoms with E-state index < -0.39 is 5.60 Å². The van der Waals surface area contributed by atoms with Gasteiger partial charge in [-0.05, 0) is 57.2 Å². The Kier molecular flexibility index (Phi) is 7.34. The quantitative estimate of drug-likeness (QED) is 0.537. The van der Waals surface area contributed by atoms with Crippen LogP contribution in [0.2, 0.25) is 0 Å². The molecule has 1 heterocycles. The van der Waals surface area contributed by atoms with Gasteiger partial charge >= 0.3 is 12.2 Å². The second-order valence-corrected chi connectivity index (χ2v) is 9.94. The monoisotopic (exact) mass is 478 g/mol. The molecule has 0 radical (unpaired) electrons. The van der Waals surface area contributed by atoms with Crippen molar-refractivity contribution in [2.75, 3.05) is 25.1 Å². The summed E-state index contributed by atoms with van der Waals surface area (Å²) in [5.74, 6) is 0.709. The summed E-state index contributed by atoms with van der Waals surface area (Å²) in [4.78, 5) is 28.7. The molecule has 1 unspecified atom stereocenters. The van der Waals surface area contributed by atoms with Gasteiger partial charge in [0.05, 0.1) is 12.2 Å². The molecule has 7 heteroatoms. The minimum atomic E-state index is -0.518. The van der Waals surface area contributed by atoms with Crippen LogP contribution in [-0.2, 0) is 16.1 Å². The maximum atomic E-state index is 12.9. The number of ether oxygens (including phenoxy) is 3. The van der Waals surface area contributed by atoms with Crippen LogP contribution in [0.3, 0.4) is 0 Å². The van der Waals surface area contributed by atoms with Crippen molar-refractivity contribution < 1.29 is 23.8 Å². The molecule has 186 valence electrons. The largest absolute Gasteiger partial charge is 0.489 e. The lowest BCUT2D eigenvalue weighted by atomic mass is 9.89. The maximum absolute atomic E-state index is 12.9. The molecule has 2 aromatic carbocycles. The van der Waals surface area contributed by atoms with Crippen molar-refractivity contribution in [3.8, 4) is 5.75 Å². The van der Waals surface area contributed by atoms with E-state index in [9.17, 15) is 9.59 Å². The molecular formula is C28H34N2O5. The third-order valence-corrected chi connectivity index (χ3v) is 6.23. The molecule has 35 heavy (non-hydrogen) atoms. The van der Waals surface area contributed by atoms with Crippen LogP contribution >= 0.6 is 0 Å². The van der Waals surface area contributed by atoms with E-state index in [2.05, 4.69) is 6.08 Å². The van der Waals surface area contributed by atoms with E-state index in [1.807, 2.05) is 69.3 Å². The number of anilines is 1. The third-order valence-electron chi connectivity index (χ3n) is 6.23. The molecule has 0 saturated carbocycles. The van der Waals surface area contributed by atoms with Crippen LogP contribution < -0.4 is 9.64 Å². The molecule has 4 rings (SSSR count). The van der Waals surface area contributed by atoms with Crippen molar-refractivity contribution in [3.05, 3.63) is 65.7 Å². The molecule has 7 nitrogen and oxygen atoms in total. The van der Waals surface area contributed by atoms with E-state index >= 15 is 0 Å². The fourth-order valence-electron chi connectivity index (χ4n) is 4.39. The molecule has 2 aliphatic rings. The first-order chi connectivity index (χ1) is 16.7. The van der Waals surface area contributed by atoms with Crippen LogP contribution in [0.25, 0.3) is 5.57 Å². The average Bonchev–Trinajstić information content (AvgIpc) is 2.86. The van der Waals surface area contributed by atoms with Crippen molar-refractivity contribution in [3.63, 3.8) is 0 Å². The molecular weight excluding hydrogens is 444 g/mol. The first-order valence-corrected chi connectivity index (χ1v) is 12.1. The standard InChI is InChI=1S/C28H34N2O5/c1-28(2,3)35-26(31)29(4)22-15-13-21(14-16-22)23-11-8-12-24-25(23)33-18-17-30(24)27(32)34-19-20-9-6-5-7-10-20/h5-13,22H,14-19H2,1-4H3. The zero-order valence-electron chi connectivity index (χ0n) is 21.0. The van der Waals surface area contributed by atoms with Gasteiger partial charge in [-0.3, -0.25) is 4.90 Å². The van der Waals surface area contributed by atoms with E-state index in [1.54, 1.807) is 16.8 Å². The van der Waals surface area contributed by atoms with Gasteiger partial charge < -0.3 is 19.1 Å². The SMILES string of the molecule is CN(C(=O)OC(C)(C)C)C1CC=C(c2cccc3c2OCCN3C(=O)OCc2ccccc2)CC1. The van der Waals surface area contributed by atoms with Crippen molar-refractivity contribution in [2.24, 2.45) is 0 Å². The number of hydrogen-bond donors (Lipinski definition) is 0. The molecule has 0 aromatic heterocycles. The van der Waals surface area contributed by atoms with Crippen LogP contribution in [0, 0.1) is 0 Å². The highest BCUT2D eigenvalue weighted by molar-refractivity contribution is 5.92. The molecule has 1 aliphatic heterocycles. The normalized spacial score (nSPS) is 17.5. The number of rotatable bonds is 4. The van der Waals surface area contributed by atoms with E-state index in [0.29, 0.717) is 18.9 Å². The number of para-hydroxylation sites is 1. The minimum absolute atomic E-state index is 0.0820. The van der Waals surface area contributed by atoms with Gasteiger partial charge in [0.1, 0.15) is 18.8 Å². The summed E-state index contributed by atoms with van der Waals surface area (Å²) >= 11 is 0. The van der Waals surface area contributed by atoms with Gasteiger partial charge in [0, 0.05) is 18.7 Å². The van der Waals surface area contributed by atoms with Gasteiger partial charge in [-0.2, -0.15) is 0 Å². The lowest BCUT2D eigenvalue weighted by Gasteiger charge is -2.34. The number of carbonyl (C=O) groups excluding carboxylic acids is 2. The Labute approximate surface area is 207 Å². The zero-order valence-corrected chi connectivity index (χ0v) is 21.0. The number of allylic oxidation sites excluding steroid dienone is 1. The molecule has 0 bridgehead atoms. The topological polar surface area (TPSA) is 68.3 Å². The van der Waals surface area contributed by atoms with Crippen molar-refractivity contribution >= 4 is 23.4 Å². The lowest BCUT2D eigenvalue weighted by Crippen LogP contribution is -2.41. The second kappa shape index (κ2) is 10.4. The zero-order chi connectivity index (χ0) is 25.0. The highest BCUT2D eigenvalue weighted by Crippen LogP contribution is 2.41. The third kappa shape index (κ3) is 5.96. The van der Waals surface area contributed by atoms with Crippen molar-refractivity contribution in [2.45, 2.75) is 58.3 Å². The summed E-state index contributed by atoms with van der Waals surface area (Å²) in [6, 6.07) is 15.6. The summed E-state index contributed by atoms with van der Waals surface area (Å²) in [5, 5.41) is 0. The van der Waals surface area contributed by atoms with Gasteiger partial charge in [0.25, 0.3) is 0 Å². The molecule has 0 saturated heterocycles. The van der Waals surface area contributed by atoms with Crippen LogP contribution in [0.1, 0.15) is 51.2 Å². The Bertz CT molecular complexity index is 1090. The Morgan fingerprint density at radius 2 is 1.89 bits per heavy atom. The summed E-state index contributed by atoms with van der Waals surface area (Å²) in [7, 11) is 1.80. The Morgan fingerprint density at radius 1 is 1.11 bits per heavy atom. The van der Waals surface area contributed by atoms with Crippen LogP contribution in [0.4, 0.5) is 15.3 Å². The number of fused-ring (bicyclic) bond motifs is 1. The van der Waals surface area contributed by atoms with E-state index in [4.69, 9.17) is 14.2 Å². The number of benzene rings is 2. The average molecular weight is 479 g/mol. The van der Waals surface area contributed by atoms with E-state index in [0.717, 1.165) is 41.6 Å². The first kappa shape index (κ1) is 24.6. The summed E-state index contributed by atoms with van der Waals surface area (Å²) in [6.07, 6.45) is 3.85. The molecule has 2 amide bonds. The number of hydrogen-bond acceptors (Lipinski definition) is 5. The lowest BCUT2D eigenvalue weighted by molar-refractivity contribution is 0.0215. The van der Waals surface area contributed by atoms with Crippen LogP contribution in [0.15, 0.2) is 54.6 Å². The second-order valence-electron chi connectivity index (χ2n) is 9.94. The fraction of sp³-hybridized carbons (Fsp3) is 0.429. The summed E-state index contributed by atoms with van der Waals surface area (Å²) in [6.45, 7) is 6.68. The number of nitrogens with zero attached hydrogens (tertiary/aromatic N) is 2. The molecule has 0 spiro atoms. The smallest absolute Gasteiger partial charge is 0.414 e. The van der Waals surface area contributed by atoms with E-state index in [-0.39, 0.29) is 24.8 Å². The Balaban J connectivity index is 1.46. The number of carbonyl (C=O) groups is 2. The summed E-state index contributed by atoms with van der Waals surface area (Å²) in [5.41, 5.74) is 3.30. The number of amides is 2. The summed E-state index contributed by atoms with van der Waals surface area (Å²) < 4.78 is 17.1. The Hall–Kier alpha value is -3.48. The van der Waals surface area contributed by atoms with E-state index in [1.165, 1.54) is 0 Å². The minimum Gasteiger partial charge on any atom is -0.489 e. The first-order valence-electron chi connectivity index (χ1n) is 12.1. The molecule has 0 N–H and O–H groups in total. The van der Waals surface area contributed by atoms with Gasteiger partial charge in [-0.1, -0.05) is 48.5 Å². The highest BCUT2D eigenvalue weighted by atomic mass is 16.6. The molecule has 0 fully saturated rings. The van der Waals surface area contributed by atoms with Crippen molar-refractivity contribution in [1.82, 2.24) is 4.90 Å².